The normalized spacial score (nSPS) is 13.5. The van der Waals surface area contributed by atoms with E-state index in [-0.39, 0.29) is 13.2 Å². The molecule has 0 aliphatic carbocycles. The molecule has 0 unspecified atom stereocenters. The number of aryl methyl sites for hydroxylation is 1. The lowest BCUT2D eigenvalue weighted by molar-refractivity contribution is -0.139. The maximum absolute atomic E-state index is 13.1. The molecule has 2 aromatic carbocycles. The number of thiazole rings is 1. The number of allylic oxidation sites excluding steroid dienone is 2. The van der Waals surface area contributed by atoms with Gasteiger partial charge in [-0.25, -0.2) is 14.6 Å². The second-order valence-electron chi connectivity index (χ2n) is 9.32. The number of nitrogens with one attached hydrogen (secondary N) is 2. The first kappa shape index (κ1) is 29.7. The number of anilines is 2. The lowest BCUT2D eigenvalue weighted by atomic mass is 9.80. The summed E-state index contributed by atoms with van der Waals surface area (Å²) in [6.45, 7) is 9.56. The van der Waals surface area contributed by atoms with Gasteiger partial charge in [0.25, 0.3) is 0 Å². The highest BCUT2D eigenvalue weighted by Crippen LogP contribution is 2.41. The zero-order valence-corrected chi connectivity index (χ0v) is 25.2. The molecule has 216 valence electrons. The molecule has 0 amide bonds. The fourth-order valence-corrected chi connectivity index (χ4v) is 5.76. The Morgan fingerprint density at radius 3 is 2.12 bits per heavy atom. The van der Waals surface area contributed by atoms with Gasteiger partial charge in [0.05, 0.1) is 50.2 Å². The van der Waals surface area contributed by atoms with E-state index in [9.17, 15) is 9.59 Å². The molecule has 2 heterocycles. The van der Waals surface area contributed by atoms with Crippen LogP contribution in [0.5, 0.6) is 11.5 Å². The van der Waals surface area contributed by atoms with Crippen LogP contribution in [0.1, 0.15) is 44.1 Å². The summed E-state index contributed by atoms with van der Waals surface area (Å²) in [6.07, 6.45) is 0. The Morgan fingerprint density at radius 1 is 0.902 bits per heavy atom. The molecule has 10 heteroatoms. The van der Waals surface area contributed by atoms with Crippen LogP contribution in [0, 0.1) is 6.92 Å². The zero-order valence-electron chi connectivity index (χ0n) is 24.3. The number of carbonyl (C=O) groups is 2. The molecule has 3 aromatic rings. The Hall–Kier alpha value is -4.31. The maximum Gasteiger partial charge on any atom is 0.336 e. The van der Waals surface area contributed by atoms with Crippen LogP contribution in [0.25, 0.3) is 11.3 Å². The minimum Gasteiger partial charge on any atom is -0.493 e. The van der Waals surface area contributed by atoms with Crippen molar-refractivity contribution >= 4 is 34.1 Å². The first-order valence-corrected chi connectivity index (χ1v) is 14.1. The van der Waals surface area contributed by atoms with Crippen molar-refractivity contribution in [2.75, 3.05) is 32.8 Å². The largest absolute Gasteiger partial charge is 0.493 e. The second kappa shape index (κ2) is 12.9. The summed E-state index contributed by atoms with van der Waals surface area (Å²) in [6, 6.07) is 13.3. The van der Waals surface area contributed by atoms with Gasteiger partial charge < -0.3 is 29.6 Å². The van der Waals surface area contributed by atoms with Crippen molar-refractivity contribution < 1.29 is 28.5 Å². The first-order valence-electron chi connectivity index (χ1n) is 13.3. The molecule has 0 radical (unpaired) electrons. The summed E-state index contributed by atoms with van der Waals surface area (Å²) in [5.41, 5.74) is 5.26. The number of ether oxygens (including phenoxy) is 4. The SMILES string of the molecule is CCOC(=O)C1=C(C)NC(C)=C(C(=O)OCC)C1c1cccc(Nc2nc(-c3ccc(OC)c(OC)c3)c(C)s2)c1. The monoisotopic (exact) mass is 577 g/mol. The number of hydrogen-bond donors (Lipinski definition) is 2. The predicted molar refractivity (Wildman–Crippen MR) is 160 cm³/mol. The molecule has 0 saturated carbocycles. The number of nitrogens with zero attached hydrogens (tertiary/aromatic N) is 1. The summed E-state index contributed by atoms with van der Waals surface area (Å²) in [7, 11) is 3.21. The minimum atomic E-state index is -0.670. The van der Waals surface area contributed by atoms with Crippen LogP contribution in [0.3, 0.4) is 0 Å². The minimum absolute atomic E-state index is 0.215. The van der Waals surface area contributed by atoms with Crippen molar-refractivity contribution in [1.29, 1.82) is 0 Å². The van der Waals surface area contributed by atoms with Crippen molar-refractivity contribution in [3.05, 3.63) is 75.4 Å². The molecule has 0 bridgehead atoms. The quantitative estimate of drug-likeness (QED) is 0.271. The number of carbonyl (C=O) groups excluding carboxylic acids is 2. The molecule has 1 aliphatic rings. The number of rotatable bonds is 10. The number of benzene rings is 2. The Labute approximate surface area is 244 Å². The van der Waals surface area contributed by atoms with Crippen molar-refractivity contribution in [3.8, 4) is 22.8 Å². The van der Waals surface area contributed by atoms with Crippen LogP contribution < -0.4 is 20.1 Å². The highest BCUT2D eigenvalue weighted by Gasteiger charge is 2.38. The maximum atomic E-state index is 13.1. The third kappa shape index (κ3) is 6.22. The molecule has 1 aromatic heterocycles. The molecular weight excluding hydrogens is 542 g/mol. The number of esters is 2. The molecule has 0 spiro atoms. The summed E-state index contributed by atoms with van der Waals surface area (Å²) >= 11 is 1.52. The van der Waals surface area contributed by atoms with E-state index < -0.39 is 17.9 Å². The van der Waals surface area contributed by atoms with Crippen molar-refractivity contribution in [2.45, 2.75) is 40.5 Å². The Balaban J connectivity index is 1.71. The van der Waals surface area contributed by atoms with Crippen molar-refractivity contribution in [2.24, 2.45) is 0 Å². The van der Waals surface area contributed by atoms with Gasteiger partial charge >= 0.3 is 11.9 Å². The molecule has 2 N–H and O–H groups in total. The van der Waals surface area contributed by atoms with E-state index in [1.165, 1.54) is 11.3 Å². The Morgan fingerprint density at radius 2 is 1.54 bits per heavy atom. The summed E-state index contributed by atoms with van der Waals surface area (Å²) in [5, 5.41) is 7.27. The van der Waals surface area contributed by atoms with Crippen LogP contribution >= 0.6 is 11.3 Å². The summed E-state index contributed by atoms with van der Waals surface area (Å²) in [4.78, 5) is 32.1. The van der Waals surface area contributed by atoms with E-state index in [1.807, 2.05) is 49.4 Å². The Bertz CT molecular complexity index is 1480. The molecule has 1 aliphatic heterocycles. The van der Waals surface area contributed by atoms with Crippen LogP contribution in [-0.4, -0.2) is 44.4 Å². The van der Waals surface area contributed by atoms with Crippen LogP contribution in [-0.2, 0) is 19.1 Å². The highest BCUT2D eigenvalue weighted by molar-refractivity contribution is 7.16. The third-order valence-electron chi connectivity index (χ3n) is 6.68. The van der Waals surface area contributed by atoms with E-state index in [0.29, 0.717) is 39.2 Å². The molecule has 9 nitrogen and oxygen atoms in total. The number of aromatic nitrogens is 1. The van der Waals surface area contributed by atoms with Gasteiger partial charge in [-0.2, -0.15) is 0 Å². The standard InChI is InChI=1S/C31H35N3O6S/c1-8-39-29(35)25-17(3)32-18(4)26(30(36)40-9-2)27(25)20-11-10-12-22(15-20)33-31-34-28(19(5)41-31)21-13-14-23(37-6)24(16-21)38-7/h10-16,27,32H,8-9H2,1-7H3,(H,33,34). The van der Waals surface area contributed by atoms with Gasteiger partial charge in [0.15, 0.2) is 16.6 Å². The second-order valence-corrected chi connectivity index (χ2v) is 10.5. The smallest absolute Gasteiger partial charge is 0.336 e. The lowest BCUT2D eigenvalue weighted by Gasteiger charge is -2.30. The number of hydrogen-bond acceptors (Lipinski definition) is 10. The van der Waals surface area contributed by atoms with E-state index in [4.69, 9.17) is 23.9 Å². The van der Waals surface area contributed by atoms with Gasteiger partial charge in [-0.05, 0) is 70.5 Å². The van der Waals surface area contributed by atoms with Gasteiger partial charge in [-0.15, -0.1) is 11.3 Å². The molecule has 0 atom stereocenters. The zero-order chi connectivity index (χ0) is 29.7. The fourth-order valence-electron chi connectivity index (χ4n) is 4.91. The van der Waals surface area contributed by atoms with Gasteiger partial charge in [-0.1, -0.05) is 12.1 Å². The van der Waals surface area contributed by atoms with Gasteiger partial charge in [0.1, 0.15) is 0 Å². The Kier molecular flexibility index (Phi) is 9.34. The number of dihydropyridines is 1. The molecule has 0 saturated heterocycles. The van der Waals surface area contributed by atoms with E-state index >= 15 is 0 Å². The molecule has 4 rings (SSSR count). The van der Waals surface area contributed by atoms with E-state index in [0.717, 1.165) is 27.4 Å². The molecule has 41 heavy (non-hydrogen) atoms. The van der Waals surface area contributed by atoms with E-state index in [1.54, 1.807) is 41.9 Å². The average Bonchev–Trinajstić information content (AvgIpc) is 3.31. The van der Waals surface area contributed by atoms with Crippen LogP contribution in [0.2, 0.25) is 0 Å². The van der Waals surface area contributed by atoms with Gasteiger partial charge in [0.2, 0.25) is 0 Å². The number of methoxy groups -OCH3 is 2. The van der Waals surface area contributed by atoms with Gasteiger partial charge in [-0.3, -0.25) is 0 Å². The summed E-state index contributed by atoms with van der Waals surface area (Å²) in [5.74, 6) is -0.356. The van der Waals surface area contributed by atoms with Crippen LogP contribution in [0.4, 0.5) is 10.8 Å². The van der Waals surface area contributed by atoms with Gasteiger partial charge in [0, 0.05) is 27.5 Å². The van der Waals surface area contributed by atoms with Crippen molar-refractivity contribution in [1.82, 2.24) is 10.3 Å². The average molecular weight is 578 g/mol. The lowest BCUT2D eigenvalue weighted by Crippen LogP contribution is -2.32. The highest BCUT2D eigenvalue weighted by atomic mass is 32.1. The summed E-state index contributed by atoms with van der Waals surface area (Å²) < 4.78 is 21.6. The van der Waals surface area contributed by atoms with Crippen LogP contribution in [0.15, 0.2) is 65.0 Å². The third-order valence-corrected chi connectivity index (χ3v) is 7.56. The van der Waals surface area contributed by atoms with Crippen molar-refractivity contribution in [3.63, 3.8) is 0 Å². The van der Waals surface area contributed by atoms with E-state index in [2.05, 4.69) is 10.6 Å². The predicted octanol–water partition coefficient (Wildman–Crippen LogP) is 6.24. The first-order chi connectivity index (χ1) is 19.7. The molecular formula is C31H35N3O6S. The topological polar surface area (TPSA) is 108 Å². The fraction of sp³-hybridized carbons (Fsp3) is 0.323. The molecule has 0 fully saturated rings.